The Morgan fingerprint density at radius 3 is 2.79 bits per heavy atom. The predicted molar refractivity (Wildman–Crippen MR) is 69.0 cm³/mol. The Hall–Kier alpha value is -2.08. The van der Waals surface area contributed by atoms with E-state index in [2.05, 4.69) is 10.1 Å². The molecule has 2 N–H and O–H groups in total. The summed E-state index contributed by atoms with van der Waals surface area (Å²) in [5.41, 5.74) is 6.81. The number of aryl methyl sites for hydroxylation is 1. The fourth-order valence-electron chi connectivity index (χ4n) is 1.68. The molecule has 1 atom stereocenters. The summed E-state index contributed by atoms with van der Waals surface area (Å²) >= 11 is 0. The van der Waals surface area contributed by atoms with Crippen LogP contribution in [0.2, 0.25) is 0 Å². The van der Waals surface area contributed by atoms with Crippen molar-refractivity contribution in [2.75, 3.05) is 7.11 Å². The number of nitrogens with zero attached hydrogens (tertiary/aromatic N) is 2. The van der Waals surface area contributed by atoms with Gasteiger partial charge in [0.15, 0.2) is 12.4 Å². The molecule has 0 spiro atoms. The van der Waals surface area contributed by atoms with E-state index >= 15 is 0 Å². The molecule has 0 saturated heterocycles. The molecule has 6 heteroatoms. The summed E-state index contributed by atoms with van der Waals surface area (Å²) in [7, 11) is 1.60. The molecule has 1 heterocycles. The highest BCUT2D eigenvalue weighted by Gasteiger charge is 2.11. The Morgan fingerprint density at radius 2 is 2.21 bits per heavy atom. The van der Waals surface area contributed by atoms with Crippen LogP contribution in [0.15, 0.2) is 22.7 Å². The van der Waals surface area contributed by atoms with Gasteiger partial charge in [0.1, 0.15) is 11.5 Å². The Labute approximate surface area is 111 Å². The van der Waals surface area contributed by atoms with Crippen LogP contribution in [0.1, 0.15) is 30.2 Å². The second-order valence-electron chi connectivity index (χ2n) is 4.22. The van der Waals surface area contributed by atoms with Crippen LogP contribution in [-0.2, 0) is 6.61 Å². The lowest BCUT2D eigenvalue weighted by atomic mass is 10.1. The number of methoxy groups -OCH3 is 1. The van der Waals surface area contributed by atoms with Crippen LogP contribution in [-0.4, -0.2) is 17.3 Å². The molecule has 19 heavy (non-hydrogen) atoms. The molecule has 2 aromatic rings. The van der Waals surface area contributed by atoms with E-state index in [9.17, 15) is 0 Å². The molecule has 0 amide bonds. The quantitative estimate of drug-likeness (QED) is 0.888. The van der Waals surface area contributed by atoms with Gasteiger partial charge in [0.25, 0.3) is 5.89 Å². The molecule has 0 saturated carbocycles. The summed E-state index contributed by atoms with van der Waals surface area (Å²) in [6, 6.07) is 5.40. The van der Waals surface area contributed by atoms with Crippen molar-refractivity contribution in [3.05, 3.63) is 35.5 Å². The van der Waals surface area contributed by atoms with E-state index in [4.69, 9.17) is 19.7 Å². The smallest absolute Gasteiger partial charge is 0.264 e. The molecule has 6 nitrogen and oxygen atoms in total. The Morgan fingerprint density at radius 1 is 1.42 bits per heavy atom. The Balaban J connectivity index is 2.17. The maximum Gasteiger partial charge on any atom is 0.264 e. The molecule has 0 aliphatic heterocycles. The molecule has 1 aromatic carbocycles. The summed E-state index contributed by atoms with van der Waals surface area (Å²) < 4.78 is 15.9. The van der Waals surface area contributed by atoms with Gasteiger partial charge < -0.3 is 19.7 Å². The summed E-state index contributed by atoms with van der Waals surface area (Å²) in [5, 5.41) is 3.70. The summed E-state index contributed by atoms with van der Waals surface area (Å²) in [4.78, 5) is 4.08. The molecular formula is C13H17N3O3. The third-order valence-corrected chi connectivity index (χ3v) is 2.63. The maximum absolute atomic E-state index is 5.91. The number of aromatic nitrogens is 2. The van der Waals surface area contributed by atoms with Crippen LogP contribution in [0.3, 0.4) is 0 Å². The highest BCUT2D eigenvalue weighted by Crippen LogP contribution is 2.29. The van der Waals surface area contributed by atoms with Crippen LogP contribution >= 0.6 is 0 Å². The highest BCUT2D eigenvalue weighted by atomic mass is 16.5. The van der Waals surface area contributed by atoms with Crippen molar-refractivity contribution in [1.29, 1.82) is 0 Å². The first kappa shape index (κ1) is 13.4. The van der Waals surface area contributed by atoms with Gasteiger partial charge in [-0.15, -0.1) is 0 Å². The van der Waals surface area contributed by atoms with Crippen LogP contribution in [0.5, 0.6) is 11.5 Å². The number of ether oxygens (including phenoxy) is 2. The zero-order valence-corrected chi connectivity index (χ0v) is 11.2. The van der Waals surface area contributed by atoms with Gasteiger partial charge in [-0.1, -0.05) is 11.2 Å². The highest BCUT2D eigenvalue weighted by molar-refractivity contribution is 5.42. The minimum Gasteiger partial charge on any atom is -0.497 e. The van der Waals surface area contributed by atoms with Gasteiger partial charge in [-0.25, -0.2) is 0 Å². The first-order valence-electron chi connectivity index (χ1n) is 5.95. The molecule has 0 aliphatic rings. The Kier molecular flexibility index (Phi) is 4.01. The van der Waals surface area contributed by atoms with Crippen molar-refractivity contribution in [2.45, 2.75) is 26.5 Å². The van der Waals surface area contributed by atoms with Crippen LogP contribution in [0.4, 0.5) is 0 Å². The normalized spacial score (nSPS) is 12.2. The van der Waals surface area contributed by atoms with Crippen molar-refractivity contribution >= 4 is 0 Å². The number of nitrogens with two attached hydrogens (primary N) is 1. The minimum atomic E-state index is -0.134. The van der Waals surface area contributed by atoms with Gasteiger partial charge in [0.2, 0.25) is 0 Å². The second-order valence-corrected chi connectivity index (χ2v) is 4.22. The summed E-state index contributed by atoms with van der Waals surface area (Å²) in [6.45, 7) is 3.85. The topological polar surface area (TPSA) is 83.4 Å². The van der Waals surface area contributed by atoms with Crippen molar-refractivity contribution in [1.82, 2.24) is 10.1 Å². The lowest BCUT2D eigenvalue weighted by molar-refractivity contribution is 0.239. The van der Waals surface area contributed by atoms with Crippen molar-refractivity contribution < 1.29 is 14.0 Å². The standard InChI is InChI=1S/C13H17N3O3/c1-8(14)11-5-4-10(17-3)6-12(11)18-7-13-15-9(2)16-19-13/h4-6,8H,7,14H2,1-3H3/t8-/m1/s1. The Bertz CT molecular complexity index is 552. The van der Waals surface area contributed by atoms with Gasteiger partial charge in [-0.3, -0.25) is 0 Å². The summed E-state index contributed by atoms with van der Waals surface area (Å²) in [6.07, 6.45) is 0. The zero-order valence-electron chi connectivity index (χ0n) is 11.2. The van der Waals surface area contributed by atoms with Gasteiger partial charge in [0, 0.05) is 17.7 Å². The van der Waals surface area contributed by atoms with E-state index in [1.165, 1.54) is 0 Å². The average Bonchev–Trinajstić information content (AvgIpc) is 2.81. The third-order valence-electron chi connectivity index (χ3n) is 2.63. The second kappa shape index (κ2) is 5.71. The van der Waals surface area contributed by atoms with E-state index in [-0.39, 0.29) is 12.6 Å². The fraction of sp³-hybridized carbons (Fsp3) is 0.385. The zero-order chi connectivity index (χ0) is 13.8. The van der Waals surface area contributed by atoms with E-state index in [1.807, 2.05) is 19.1 Å². The third kappa shape index (κ3) is 3.23. The van der Waals surface area contributed by atoms with Gasteiger partial charge in [-0.2, -0.15) is 4.98 Å². The predicted octanol–water partition coefficient (Wildman–Crippen LogP) is 1.99. The van der Waals surface area contributed by atoms with Gasteiger partial charge >= 0.3 is 0 Å². The van der Waals surface area contributed by atoms with Gasteiger partial charge in [-0.05, 0) is 19.9 Å². The van der Waals surface area contributed by atoms with E-state index < -0.39 is 0 Å². The van der Waals surface area contributed by atoms with Crippen LogP contribution in [0, 0.1) is 6.92 Å². The lowest BCUT2D eigenvalue weighted by Crippen LogP contribution is -2.08. The number of benzene rings is 1. The number of rotatable bonds is 5. The van der Waals surface area contributed by atoms with E-state index in [0.717, 1.165) is 5.56 Å². The molecule has 1 aromatic heterocycles. The molecule has 102 valence electrons. The lowest BCUT2D eigenvalue weighted by Gasteiger charge is -2.14. The largest absolute Gasteiger partial charge is 0.497 e. The fourth-order valence-corrected chi connectivity index (χ4v) is 1.68. The van der Waals surface area contributed by atoms with Crippen LogP contribution in [0.25, 0.3) is 0 Å². The molecule has 0 fully saturated rings. The molecular weight excluding hydrogens is 246 g/mol. The molecule has 0 unspecified atom stereocenters. The monoisotopic (exact) mass is 263 g/mol. The van der Waals surface area contributed by atoms with Crippen molar-refractivity contribution in [3.8, 4) is 11.5 Å². The average molecular weight is 263 g/mol. The van der Waals surface area contributed by atoms with Crippen molar-refractivity contribution in [2.24, 2.45) is 5.73 Å². The first-order chi connectivity index (χ1) is 9.10. The summed E-state index contributed by atoms with van der Waals surface area (Å²) in [5.74, 6) is 2.37. The maximum atomic E-state index is 5.91. The minimum absolute atomic E-state index is 0.134. The van der Waals surface area contributed by atoms with Crippen LogP contribution < -0.4 is 15.2 Å². The van der Waals surface area contributed by atoms with Crippen molar-refractivity contribution in [3.63, 3.8) is 0 Å². The SMILES string of the molecule is COc1ccc([C@@H](C)N)c(OCc2nc(C)no2)c1. The number of hydrogen-bond acceptors (Lipinski definition) is 6. The number of hydrogen-bond donors (Lipinski definition) is 1. The van der Waals surface area contributed by atoms with E-state index in [0.29, 0.717) is 23.2 Å². The van der Waals surface area contributed by atoms with E-state index in [1.54, 1.807) is 20.1 Å². The molecule has 2 rings (SSSR count). The van der Waals surface area contributed by atoms with Gasteiger partial charge in [0.05, 0.1) is 7.11 Å². The first-order valence-corrected chi connectivity index (χ1v) is 5.95. The molecule has 0 bridgehead atoms. The molecule has 0 radical (unpaired) electrons. The molecule has 0 aliphatic carbocycles.